The SMILES string of the molecule is CC(C(=O)N(C)Cc1ccccc1Br)C1CNC1.Cl. The number of rotatable bonds is 4. The first-order valence-corrected chi connectivity index (χ1v) is 7.08. The van der Waals surface area contributed by atoms with Crippen molar-refractivity contribution in [3.63, 3.8) is 0 Å². The van der Waals surface area contributed by atoms with Crippen LogP contribution in [0.5, 0.6) is 0 Å². The van der Waals surface area contributed by atoms with Crippen LogP contribution >= 0.6 is 28.3 Å². The Morgan fingerprint density at radius 3 is 2.63 bits per heavy atom. The first-order chi connectivity index (χ1) is 8.59. The van der Waals surface area contributed by atoms with Gasteiger partial charge in [0, 0.05) is 24.0 Å². The van der Waals surface area contributed by atoms with Gasteiger partial charge in [-0.15, -0.1) is 12.4 Å². The minimum Gasteiger partial charge on any atom is -0.341 e. The second kappa shape index (κ2) is 7.27. The molecule has 1 N–H and O–H groups in total. The summed E-state index contributed by atoms with van der Waals surface area (Å²) in [7, 11) is 1.88. The lowest BCUT2D eigenvalue weighted by Crippen LogP contribution is -2.49. The monoisotopic (exact) mass is 346 g/mol. The number of benzene rings is 1. The van der Waals surface area contributed by atoms with Crippen molar-refractivity contribution < 1.29 is 4.79 Å². The number of hydrogen-bond donors (Lipinski definition) is 1. The maximum Gasteiger partial charge on any atom is 0.225 e. The molecule has 1 fully saturated rings. The molecule has 1 saturated heterocycles. The zero-order valence-corrected chi connectivity index (χ0v) is 13.6. The first-order valence-electron chi connectivity index (χ1n) is 6.28. The van der Waals surface area contributed by atoms with E-state index in [2.05, 4.69) is 21.2 Å². The molecule has 2 rings (SSSR count). The molecule has 5 heteroatoms. The quantitative estimate of drug-likeness (QED) is 0.908. The summed E-state index contributed by atoms with van der Waals surface area (Å²) in [6.45, 7) is 4.63. The molecular weight excluding hydrogens is 328 g/mol. The van der Waals surface area contributed by atoms with Gasteiger partial charge in [0.1, 0.15) is 0 Å². The Hall–Kier alpha value is -0.580. The molecule has 0 aromatic heterocycles. The van der Waals surface area contributed by atoms with Crippen LogP contribution in [0.25, 0.3) is 0 Å². The number of nitrogens with one attached hydrogen (secondary N) is 1. The van der Waals surface area contributed by atoms with Gasteiger partial charge in [0.05, 0.1) is 0 Å². The van der Waals surface area contributed by atoms with E-state index in [1.165, 1.54) is 0 Å². The van der Waals surface area contributed by atoms with E-state index in [0.29, 0.717) is 12.5 Å². The highest BCUT2D eigenvalue weighted by molar-refractivity contribution is 9.10. The molecule has 1 aromatic carbocycles. The van der Waals surface area contributed by atoms with Gasteiger partial charge in [0.15, 0.2) is 0 Å². The predicted molar refractivity (Wildman–Crippen MR) is 83.4 cm³/mol. The molecule has 1 aliphatic heterocycles. The van der Waals surface area contributed by atoms with Crippen molar-refractivity contribution in [2.45, 2.75) is 13.5 Å². The van der Waals surface area contributed by atoms with E-state index in [-0.39, 0.29) is 24.2 Å². The summed E-state index contributed by atoms with van der Waals surface area (Å²) < 4.78 is 1.06. The summed E-state index contributed by atoms with van der Waals surface area (Å²) in [5.74, 6) is 0.843. The fourth-order valence-corrected chi connectivity index (χ4v) is 2.58. The van der Waals surface area contributed by atoms with E-state index in [0.717, 1.165) is 23.1 Å². The number of carbonyl (C=O) groups excluding carboxylic acids is 1. The van der Waals surface area contributed by atoms with Crippen LogP contribution < -0.4 is 5.32 Å². The average Bonchev–Trinajstić information content (AvgIpc) is 2.28. The topological polar surface area (TPSA) is 32.3 Å². The average molecular weight is 348 g/mol. The van der Waals surface area contributed by atoms with Crippen molar-refractivity contribution in [2.75, 3.05) is 20.1 Å². The Balaban J connectivity index is 0.00000180. The molecule has 0 bridgehead atoms. The standard InChI is InChI=1S/C14H19BrN2O.ClH/c1-10(12-7-16-8-12)14(18)17(2)9-11-5-3-4-6-13(11)15;/h3-6,10,12,16H,7-9H2,1-2H3;1H. The highest BCUT2D eigenvalue weighted by atomic mass is 79.9. The van der Waals surface area contributed by atoms with Gasteiger partial charge in [-0.1, -0.05) is 41.1 Å². The molecule has 1 atom stereocenters. The molecule has 0 saturated carbocycles. The summed E-state index contributed by atoms with van der Waals surface area (Å²) in [4.78, 5) is 14.1. The Labute approximate surface area is 129 Å². The van der Waals surface area contributed by atoms with Gasteiger partial charge in [-0.05, 0) is 30.6 Å². The number of halogens is 2. The van der Waals surface area contributed by atoms with Crippen LogP contribution in [0.15, 0.2) is 28.7 Å². The van der Waals surface area contributed by atoms with Crippen LogP contribution in [-0.2, 0) is 11.3 Å². The van der Waals surface area contributed by atoms with Crippen LogP contribution in [0.4, 0.5) is 0 Å². The third-order valence-electron chi connectivity index (χ3n) is 3.65. The fraction of sp³-hybridized carbons (Fsp3) is 0.500. The van der Waals surface area contributed by atoms with Crippen LogP contribution in [0.2, 0.25) is 0 Å². The smallest absolute Gasteiger partial charge is 0.225 e. The third-order valence-corrected chi connectivity index (χ3v) is 4.42. The van der Waals surface area contributed by atoms with Crippen LogP contribution in [0, 0.1) is 11.8 Å². The lowest BCUT2D eigenvalue weighted by Gasteiger charge is -2.34. The van der Waals surface area contributed by atoms with Crippen molar-refractivity contribution >= 4 is 34.2 Å². The highest BCUT2D eigenvalue weighted by Gasteiger charge is 2.30. The van der Waals surface area contributed by atoms with Gasteiger partial charge in [0.2, 0.25) is 5.91 Å². The van der Waals surface area contributed by atoms with E-state index in [1.54, 1.807) is 0 Å². The zero-order valence-electron chi connectivity index (χ0n) is 11.2. The summed E-state index contributed by atoms with van der Waals surface area (Å²) in [5, 5.41) is 3.22. The normalized spacial score (nSPS) is 16.2. The summed E-state index contributed by atoms with van der Waals surface area (Å²) in [5.41, 5.74) is 1.15. The van der Waals surface area contributed by atoms with E-state index in [9.17, 15) is 4.79 Å². The first kappa shape index (κ1) is 16.5. The van der Waals surface area contributed by atoms with Gasteiger partial charge in [-0.2, -0.15) is 0 Å². The van der Waals surface area contributed by atoms with E-state index < -0.39 is 0 Å². The van der Waals surface area contributed by atoms with Crippen molar-refractivity contribution in [1.82, 2.24) is 10.2 Å². The zero-order chi connectivity index (χ0) is 13.1. The molecule has 19 heavy (non-hydrogen) atoms. The largest absolute Gasteiger partial charge is 0.341 e. The van der Waals surface area contributed by atoms with Gasteiger partial charge in [-0.3, -0.25) is 4.79 Å². The second-order valence-electron chi connectivity index (χ2n) is 4.99. The molecule has 1 amide bonds. The Morgan fingerprint density at radius 2 is 2.11 bits per heavy atom. The van der Waals surface area contributed by atoms with Crippen LogP contribution in [-0.4, -0.2) is 30.9 Å². The number of hydrogen-bond acceptors (Lipinski definition) is 2. The van der Waals surface area contributed by atoms with E-state index in [4.69, 9.17) is 0 Å². The summed E-state index contributed by atoms with van der Waals surface area (Å²) in [6.07, 6.45) is 0. The molecule has 0 aliphatic carbocycles. The third kappa shape index (κ3) is 3.94. The Kier molecular flexibility index (Phi) is 6.30. The molecule has 106 valence electrons. The Morgan fingerprint density at radius 1 is 1.47 bits per heavy atom. The molecule has 0 radical (unpaired) electrons. The van der Waals surface area contributed by atoms with Crippen molar-refractivity contribution in [3.8, 4) is 0 Å². The van der Waals surface area contributed by atoms with Crippen LogP contribution in [0.3, 0.4) is 0 Å². The predicted octanol–water partition coefficient (Wildman–Crippen LogP) is 2.68. The van der Waals surface area contributed by atoms with Crippen molar-refractivity contribution in [2.24, 2.45) is 11.8 Å². The fourth-order valence-electron chi connectivity index (χ4n) is 2.17. The lowest BCUT2D eigenvalue weighted by atomic mass is 9.88. The Bertz CT molecular complexity index is 437. The minimum absolute atomic E-state index is 0. The van der Waals surface area contributed by atoms with Crippen LogP contribution in [0.1, 0.15) is 12.5 Å². The van der Waals surface area contributed by atoms with Gasteiger partial charge < -0.3 is 10.2 Å². The molecule has 1 unspecified atom stereocenters. The maximum absolute atomic E-state index is 12.3. The van der Waals surface area contributed by atoms with Gasteiger partial charge in [-0.25, -0.2) is 0 Å². The number of nitrogens with zero attached hydrogens (tertiary/aromatic N) is 1. The lowest BCUT2D eigenvalue weighted by molar-refractivity contribution is -0.136. The van der Waals surface area contributed by atoms with Crippen molar-refractivity contribution in [3.05, 3.63) is 34.3 Å². The van der Waals surface area contributed by atoms with E-state index >= 15 is 0 Å². The summed E-state index contributed by atoms with van der Waals surface area (Å²) >= 11 is 3.52. The molecular formula is C14H20BrClN2O. The van der Waals surface area contributed by atoms with Crippen molar-refractivity contribution in [1.29, 1.82) is 0 Å². The molecule has 1 aromatic rings. The number of carbonyl (C=O) groups is 1. The molecule has 0 spiro atoms. The maximum atomic E-state index is 12.3. The van der Waals surface area contributed by atoms with Gasteiger partial charge >= 0.3 is 0 Å². The molecule has 3 nitrogen and oxygen atoms in total. The number of amides is 1. The highest BCUT2D eigenvalue weighted by Crippen LogP contribution is 2.21. The second-order valence-corrected chi connectivity index (χ2v) is 5.85. The summed E-state index contributed by atoms with van der Waals surface area (Å²) in [6, 6.07) is 8.03. The molecule has 1 heterocycles. The molecule has 1 aliphatic rings. The minimum atomic E-state index is 0. The van der Waals surface area contributed by atoms with Gasteiger partial charge in [0.25, 0.3) is 0 Å². The van der Waals surface area contributed by atoms with E-state index in [1.807, 2.05) is 43.1 Å².